The summed E-state index contributed by atoms with van der Waals surface area (Å²) in [6.45, 7) is 1.98. The Morgan fingerprint density at radius 1 is 1.00 bits per heavy atom. The Balaban J connectivity index is 2.09. The number of carbonyl (C=O) groups is 1. The summed E-state index contributed by atoms with van der Waals surface area (Å²) >= 11 is 0. The summed E-state index contributed by atoms with van der Waals surface area (Å²) in [5.74, 6) is 0.160. The van der Waals surface area contributed by atoms with Gasteiger partial charge in [-0.15, -0.1) is 0 Å². The Bertz CT molecular complexity index is 536. The van der Waals surface area contributed by atoms with Crippen molar-refractivity contribution >= 4 is 11.9 Å². The Morgan fingerprint density at radius 3 is 2.28 bits per heavy atom. The first-order chi connectivity index (χ1) is 8.79. The monoisotopic (exact) mass is 236 g/mol. The Hall–Kier alpha value is -2.15. The highest BCUT2D eigenvalue weighted by Crippen LogP contribution is 2.10. The lowest BCUT2D eigenvalue weighted by molar-refractivity contribution is 0.0993. The average molecular weight is 236 g/mol. The Morgan fingerprint density at radius 2 is 1.67 bits per heavy atom. The van der Waals surface area contributed by atoms with Crippen LogP contribution >= 0.6 is 0 Å². The van der Waals surface area contributed by atoms with Crippen molar-refractivity contribution in [2.45, 2.75) is 13.3 Å². The molecule has 0 radical (unpaired) electrons. The third kappa shape index (κ3) is 3.17. The van der Waals surface area contributed by atoms with Crippen molar-refractivity contribution in [1.82, 2.24) is 0 Å². The number of allylic oxidation sites excluding steroid dienone is 1. The van der Waals surface area contributed by atoms with Crippen molar-refractivity contribution in [2.75, 3.05) is 0 Å². The van der Waals surface area contributed by atoms with E-state index in [2.05, 4.69) is 0 Å². The fourth-order valence-electron chi connectivity index (χ4n) is 1.86. The highest BCUT2D eigenvalue weighted by Gasteiger charge is 2.06. The van der Waals surface area contributed by atoms with Gasteiger partial charge in [-0.05, 0) is 18.1 Å². The van der Waals surface area contributed by atoms with Crippen LogP contribution in [0.15, 0.2) is 60.7 Å². The molecule has 0 bridgehead atoms. The maximum Gasteiger partial charge on any atom is 0.167 e. The van der Waals surface area contributed by atoms with E-state index in [-0.39, 0.29) is 5.78 Å². The van der Waals surface area contributed by atoms with Crippen LogP contribution < -0.4 is 0 Å². The van der Waals surface area contributed by atoms with E-state index in [1.165, 1.54) is 0 Å². The minimum Gasteiger partial charge on any atom is -0.294 e. The van der Waals surface area contributed by atoms with E-state index in [0.717, 1.165) is 16.7 Å². The predicted octanol–water partition coefficient (Wildman–Crippen LogP) is 4.15. The number of rotatable bonds is 4. The third-order valence-electron chi connectivity index (χ3n) is 2.80. The summed E-state index contributed by atoms with van der Waals surface area (Å²) in [5, 5.41) is 0. The van der Waals surface area contributed by atoms with Gasteiger partial charge in [-0.3, -0.25) is 4.79 Å². The molecule has 18 heavy (non-hydrogen) atoms. The molecular weight excluding hydrogens is 220 g/mol. The van der Waals surface area contributed by atoms with Crippen LogP contribution in [0, 0.1) is 0 Å². The van der Waals surface area contributed by atoms with Crippen LogP contribution in [0.2, 0.25) is 0 Å². The summed E-state index contributed by atoms with van der Waals surface area (Å²) in [5.41, 5.74) is 2.95. The van der Waals surface area contributed by atoms with Crippen molar-refractivity contribution in [2.24, 2.45) is 0 Å². The first kappa shape index (κ1) is 12.3. The van der Waals surface area contributed by atoms with Crippen LogP contribution in [-0.2, 0) is 6.42 Å². The molecular formula is C17H16O. The van der Waals surface area contributed by atoms with Gasteiger partial charge >= 0.3 is 0 Å². The molecule has 2 rings (SSSR count). The molecule has 0 spiro atoms. The van der Waals surface area contributed by atoms with Gasteiger partial charge in [-0.25, -0.2) is 0 Å². The second kappa shape index (κ2) is 5.97. The summed E-state index contributed by atoms with van der Waals surface area (Å²) in [7, 11) is 0. The second-order valence-electron chi connectivity index (χ2n) is 4.21. The van der Waals surface area contributed by atoms with E-state index in [1.807, 2.05) is 73.7 Å². The summed E-state index contributed by atoms with van der Waals surface area (Å²) < 4.78 is 0. The van der Waals surface area contributed by atoms with Crippen molar-refractivity contribution in [3.05, 3.63) is 77.4 Å². The SMILES string of the molecule is CC=Cc1ccc(C(=O)Cc2ccccc2)cc1. The number of ketones is 1. The molecule has 0 aliphatic heterocycles. The van der Waals surface area contributed by atoms with Crippen LogP contribution in [0.25, 0.3) is 6.08 Å². The largest absolute Gasteiger partial charge is 0.294 e. The van der Waals surface area contributed by atoms with E-state index in [9.17, 15) is 4.79 Å². The standard InChI is InChI=1S/C17H16O/c1-2-6-14-9-11-16(12-10-14)17(18)13-15-7-4-3-5-8-15/h2-12H,13H2,1H3. The van der Waals surface area contributed by atoms with Gasteiger partial charge in [0.1, 0.15) is 0 Å². The second-order valence-corrected chi connectivity index (χ2v) is 4.21. The van der Waals surface area contributed by atoms with Gasteiger partial charge in [0.15, 0.2) is 5.78 Å². The lowest BCUT2D eigenvalue weighted by Gasteiger charge is -2.02. The fraction of sp³-hybridized carbons (Fsp3) is 0.118. The molecule has 90 valence electrons. The van der Waals surface area contributed by atoms with Crippen molar-refractivity contribution in [1.29, 1.82) is 0 Å². The molecule has 0 N–H and O–H groups in total. The minimum absolute atomic E-state index is 0.160. The highest BCUT2D eigenvalue weighted by atomic mass is 16.1. The Labute approximate surface area is 108 Å². The van der Waals surface area contributed by atoms with E-state index in [4.69, 9.17) is 0 Å². The van der Waals surface area contributed by atoms with Gasteiger partial charge in [0.2, 0.25) is 0 Å². The molecule has 0 atom stereocenters. The van der Waals surface area contributed by atoms with E-state index in [1.54, 1.807) is 0 Å². The van der Waals surface area contributed by atoms with E-state index >= 15 is 0 Å². The Kier molecular flexibility index (Phi) is 4.08. The van der Waals surface area contributed by atoms with Gasteiger partial charge in [-0.2, -0.15) is 0 Å². The molecule has 0 amide bonds. The molecule has 0 unspecified atom stereocenters. The van der Waals surface area contributed by atoms with Gasteiger partial charge in [0, 0.05) is 12.0 Å². The topological polar surface area (TPSA) is 17.1 Å². The summed E-state index contributed by atoms with van der Waals surface area (Å²) in [6.07, 6.45) is 4.47. The number of carbonyl (C=O) groups excluding carboxylic acids is 1. The molecule has 0 saturated heterocycles. The maximum absolute atomic E-state index is 12.1. The lowest BCUT2D eigenvalue weighted by atomic mass is 10.0. The maximum atomic E-state index is 12.1. The number of benzene rings is 2. The number of hydrogen-bond acceptors (Lipinski definition) is 1. The van der Waals surface area contributed by atoms with E-state index < -0.39 is 0 Å². The van der Waals surface area contributed by atoms with E-state index in [0.29, 0.717) is 6.42 Å². The molecule has 2 aromatic carbocycles. The van der Waals surface area contributed by atoms with Gasteiger partial charge in [0.25, 0.3) is 0 Å². The highest BCUT2D eigenvalue weighted by molar-refractivity contribution is 5.97. The molecule has 0 aliphatic carbocycles. The van der Waals surface area contributed by atoms with Gasteiger partial charge in [-0.1, -0.05) is 66.7 Å². The van der Waals surface area contributed by atoms with Crippen LogP contribution in [0.1, 0.15) is 28.4 Å². The predicted molar refractivity (Wildman–Crippen MR) is 75.6 cm³/mol. The first-order valence-corrected chi connectivity index (χ1v) is 6.09. The summed E-state index contributed by atoms with van der Waals surface area (Å²) in [6, 6.07) is 17.5. The molecule has 1 nitrogen and oxygen atoms in total. The van der Waals surface area contributed by atoms with Crippen LogP contribution in [-0.4, -0.2) is 5.78 Å². The van der Waals surface area contributed by atoms with Crippen molar-refractivity contribution < 1.29 is 4.79 Å². The third-order valence-corrected chi connectivity index (χ3v) is 2.80. The zero-order chi connectivity index (χ0) is 12.8. The molecule has 0 saturated carbocycles. The normalized spacial score (nSPS) is 10.7. The quantitative estimate of drug-likeness (QED) is 0.729. The minimum atomic E-state index is 0.160. The molecule has 1 heteroatoms. The number of Topliss-reactive ketones (excluding diaryl/α,β-unsaturated/α-hetero) is 1. The molecule has 0 aromatic heterocycles. The van der Waals surface area contributed by atoms with Crippen LogP contribution in [0.3, 0.4) is 0 Å². The van der Waals surface area contributed by atoms with Crippen LogP contribution in [0.5, 0.6) is 0 Å². The zero-order valence-electron chi connectivity index (χ0n) is 10.5. The fourth-order valence-corrected chi connectivity index (χ4v) is 1.86. The zero-order valence-corrected chi connectivity index (χ0v) is 10.5. The van der Waals surface area contributed by atoms with Crippen molar-refractivity contribution in [3.63, 3.8) is 0 Å². The van der Waals surface area contributed by atoms with Crippen molar-refractivity contribution in [3.8, 4) is 0 Å². The van der Waals surface area contributed by atoms with Gasteiger partial charge in [0.05, 0.1) is 0 Å². The summed E-state index contributed by atoms with van der Waals surface area (Å²) in [4.78, 5) is 12.1. The van der Waals surface area contributed by atoms with Crippen LogP contribution in [0.4, 0.5) is 0 Å². The average Bonchev–Trinajstić information content (AvgIpc) is 2.41. The molecule has 0 fully saturated rings. The smallest absolute Gasteiger partial charge is 0.167 e. The van der Waals surface area contributed by atoms with Gasteiger partial charge < -0.3 is 0 Å². The lowest BCUT2D eigenvalue weighted by Crippen LogP contribution is -2.03. The number of hydrogen-bond donors (Lipinski definition) is 0. The molecule has 2 aromatic rings. The first-order valence-electron chi connectivity index (χ1n) is 6.09. The molecule has 0 heterocycles. The molecule has 0 aliphatic rings.